The molecular formula is C17H16N2O3. The van der Waals surface area contributed by atoms with Crippen molar-refractivity contribution in [3.8, 4) is 5.75 Å². The molecule has 5 nitrogen and oxygen atoms in total. The van der Waals surface area contributed by atoms with Gasteiger partial charge in [-0.2, -0.15) is 5.10 Å². The van der Waals surface area contributed by atoms with Crippen LogP contribution in [-0.4, -0.2) is 22.4 Å². The Labute approximate surface area is 128 Å². The second-order valence-corrected chi connectivity index (χ2v) is 4.60. The minimum atomic E-state index is -0.973. The van der Waals surface area contributed by atoms with E-state index in [0.29, 0.717) is 17.7 Å². The second kappa shape index (κ2) is 7.08. The summed E-state index contributed by atoms with van der Waals surface area (Å²) in [5.74, 6) is -0.798. The minimum Gasteiger partial charge on any atom is -0.507 e. The molecule has 5 heteroatoms. The summed E-state index contributed by atoms with van der Waals surface area (Å²) in [6.45, 7) is 3.65. The number of benzene rings is 2. The highest BCUT2D eigenvalue weighted by atomic mass is 16.4. The molecule has 2 aromatic carbocycles. The number of hydrogen-bond acceptors (Lipinski definition) is 4. The molecule has 0 saturated carbocycles. The number of para-hydroxylation sites is 1. The molecule has 0 amide bonds. The Balaban J connectivity index is 2.07. The van der Waals surface area contributed by atoms with Crippen LogP contribution >= 0.6 is 0 Å². The number of phenols is 1. The van der Waals surface area contributed by atoms with Gasteiger partial charge in [0.2, 0.25) is 0 Å². The highest BCUT2D eigenvalue weighted by Gasteiger charge is 2.04. The topological polar surface area (TPSA) is 81.9 Å². The molecule has 22 heavy (non-hydrogen) atoms. The molecule has 0 aliphatic carbocycles. The van der Waals surface area contributed by atoms with E-state index in [0.717, 1.165) is 5.56 Å². The summed E-state index contributed by atoms with van der Waals surface area (Å²) < 4.78 is 0. The van der Waals surface area contributed by atoms with Crippen molar-refractivity contribution in [2.75, 3.05) is 5.43 Å². The van der Waals surface area contributed by atoms with Crippen LogP contribution in [-0.2, 0) is 6.42 Å². The van der Waals surface area contributed by atoms with E-state index in [4.69, 9.17) is 5.11 Å². The molecule has 0 heterocycles. The van der Waals surface area contributed by atoms with E-state index < -0.39 is 5.97 Å². The number of nitrogens with zero attached hydrogens (tertiary/aromatic N) is 1. The SMILES string of the molecule is C=CCc1cccc(/C=N\Nc2ccc(C(=O)O)cc2)c1O. The molecule has 0 aliphatic heterocycles. The monoisotopic (exact) mass is 296 g/mol. The van der Waals surface area contributed by atoms with E-state index in [1.54, 1.807) is 24.3 Å². The highest BCUT2D eigenvalue weighted by molar-refractivity contribution is 5.88. The van der Waals surface area contributed by atoms with Crippen LogP contribution in [0.2, 0.25) is 0 Å². The van der Waals surface area contributed by atoms with Gasteiger partial charge >= 0.3 is 5.97 Å². The molecule has 0 radical (unpaired) electrons. The number of hydrazone groups is 1. The number of carboxylic acids is 1. The molecule has 0 atom stereocenters. The summed E-state index contributed by atoms with van der Waals surface area (Å²) in [6, 6.07) is 11.6. The third kappa shape index (κ3) is 3.73. The van der Waals surface area contributed by atoms with Crippen LogP contribution in [0.1, 0.15) is 21.5 Å². The van der Waals surface area contributed by atoms with Gasteiger partial charge in [0.1, 0.15) is 5.75 Å². The van der Waals surface area contributed by atoms with E-state index in [1.807, 2.05) is 12.1 Å². The van der Waals surface area contributed by atoms with Crippen molar-refractivity contribution in [3.05, 3.63) is 71.8 Å². The Morgan fingerprint density at radius 3 is 2.59 bits per heavy atom. The first-order valence-electron chi connectivity index (χ1n) is 6.66. The van der Waals surface area contributed by atoms with Crippen LogP contribution in [0.4, 0.5) is 5.69 Å². The lowest BCUT2D eigenvalue weighted by Crippen LogP contribution is -1.96. The molecule has 0 saturated heterocycles. The fourth-order valence-corrected chi connectivity index (χ4v) is 1.90. The van der Waals surface area contributed by atoms with E-state index in [-0.39, 0.29) is 11.3 Å². The Morgan fingerprint density at radius 2 is 1.95 bits per heavy atom. The van der Waals surface area contributed by atoms with Gasteiger partial charge in [0.05, 0.1) is 17.5 Å². The van der Waals surface area contributed by atoms with Gasteiger partial charge in [-0.15, -0.1) is 6.58 Å². The van der Waals surface area contributed by atoms with Crippen molar-refractivity contribution >= 4 is 17.9 Å². The van der Waals surface area contributed by atoms with Crippen LogP contribution in [0.15, 0.2) is 60.2 Å². The Hall–Kier alpha value is -3.08. The van der Waals surface area contributed by atoms with Crippen molar-refractivity contribution in [2.24, 2.45) is 5.10 Å². The number of aromatic carboxylic acids is 1. The Morgan fingerprint density at radius 1 is 1.23 bits per heavy atom. The maximum atomic E-state index is 10.7. The number of allylic oxidation sites excluding steroid dienone is 1. The molecule has 112 valence electrons. The van der Waals surface area contributed by atoms with Gasteiger partial charge < -0.3 is 10.2 Å². The average molecular weight is 296 g/mol. The number of aromatic hydroxyl groups is 1. The number of rotatable bonds is 6. The maximum Gasteiger partial charge on any atom is 0.335 e. The third-order valence-corrected chi connectivity index (χ3v) is 3.04. The van der Waals surface area contributed by atoms with Gasteiger partial charge in [0.25, 0.3) is 0 Å². The summed E-state index contributed by atoms with van der Waals surface area (Å²) in [7, 11) is 0. The number of phenolic OH excluding ortho intramolecular Hbond substituents is 1. The van der Waals surface area contributed by atoms with Crippen LogP contribution in [0.25, 0.3) is 0 Å². The van der Waals surface area contributed by atoms with Gasteiger partial charge in [-0.25, -0.2) is 4.79 Å². The first kappa shape index (κ1) is 15.3. The number of anilines is 1. The predicted octanol–water partition coefficient (Wildman–Crippen LogP) is 3.26. The molecule has 0 spiro atoms. The zero-order valence-electron chi connectivity index (χ0n) is 11.9. The zero-order valence-corrected chi connectivity index (χ0v) is 11.9. The summed E-state index contributed by atoms with van der Waals surface area (Å²) in [6.07, 6.45) is 3.81. The maximum absolute atomic E-state index is 10.7. The van der Waals surface area contributed by atoms with Gasteiger partial charge in [-0.05, 0) is 42.3 Å². The molecule has 0 bridgehead atoms. The second-order valence-electron chi connectivity index (χ2n) is 4.60. The number of carbonyl (C=O) groups is 1. The normalized spacial score (nSPS) is 10.5. The first-order valence-corrected chi connectivity index (χ1v) is 6.66. The summed E-state index contributed by atoms with van der Waals surface area (Å²) >= 11 is 0. The van der Waals surface area contributed by atoms with Crippen molar-refractivity contribution < 1.29 is 15.0 Å². The van der Waals surface area contributed by atoms with E-state index in [9.17, 15) is 9.90 Å². The van der Waals surface area contributed by atoms with E-state index in [1.165, 1.54) is 18.3 Å². The highest BCUT2D eigenvalue weighted by Crippen LogP contribution is 2.21. The summed E-state index contributed by atoms with van der Waals surface area (Å²) in [4.78, 5) is 10.7. The summed E-state index contributed by atoms with van der Waals surface area (Å²) in [5.41, 5.74) is 5.02. The molecule has 0 fully saturated rings. The smallest absolute Gasteiger partial charge is 0.335 e. The molecule has 3 N–H and O–H groups in total. The molecule has 0 aromatic heterocycles. The lowest BCUT2D eigenvalue weighted by atomic mass is 10.1. The van der Waals surface area contributed by atoms with Gasteiger partial charge in [0, 0.05) is 5.56 Å². The minimum absolute atomic E-state index is 0.175. The van der Waals surface area contributed by atoms with Gasteiger partial charge in [-0.3, -0.25) is 5.43 Å². The Kier molecular flexibility index (Phi) is 4.93. The van der Waals surface area contributed by atoms with E-state index >= 15 is 0 Å². The van der Waals surface area contributed by atoms with E-state index in [2.05, 4.69) is 17.1 Å². The number of hydrogen-bond donors (Lipinski definition) is 3. The molecule has 2 aromatic rings. The number of nitrogens with one attached hydrogen (secondary N) is 1. The first-order chi connectivity index (χ1) is 10.6. The average Bonchev–Trinajstić information content (AvgIpc) is 2.51. The van der Waals surface area contributed by atoms with Gasteiger partial charge in [0.15, 0.2) is 0 Å². The van der Waals surface area contributed by atoms with Crippen molar-refractivity contribution in [2.45, 2.75) is 6.42 Å². The van der Waals surface area contributed by atoms with Crippen molar-refractivity contribution in [3.63, 3.8) is 0 Å². The van der Waals surface area contributed by atoms with Crippen LogP contribution < -0.4 is 5.43 Å². The van der Waals surface area contributed by atoms with Crippen molar-refractivity contribution in [1.82, 2.24) is 0 Å². The quantitative estimate of drug-likeness (QED) is 0.434. The van der Waals surface area contributed by atoms with Gasteiger partial charge in [-0.1, -0.05) is 18.2 Å². The predicted molar refractivity (Wildman–Crippen MR) is 86.6 cm³/mol. The fourth-order valence-electron chi connectivity index (χ4n) is 1.90. The molecule has 0 unspecified atom stereocenters. The zero-order chi connectivity index (χ0) is 15.9. The fraction of sp³-hybridized carbons (Fsp3) is 0.0588. The standard InChI is InChI=1S/C17H16N2O3/c1-2-4-12-5-3-6-14(16(12)20)11-18-19-15-9-7-13(8-10-15)17(21)22/h2-3,5-11,19-20H,1,4H2,(H,21,22)/b18-11-. The van der Waals surface area contributed by atoms with Crippen molar-refractivity contribution in [1.29, 1.82) is 0 Å². The largest absolute Gasteiger partial charge is 0.507 e. The third-order valence-electron chi connectivity index (χ3n) is 3.04. The molecule has 2 rings (SSSR count). The van der Waals surface area contributed by atoms with Crippen LogP contribution in [0.3, 0.4) is 0 Å². The number of carboxylic acid groups (broad SMARTS) is 1. The summed E-state index contributed by atoms with van der Waals surface area (Å²) in [5, 5.41) is 22.9. The molecular weight excluding hydrogens is 280 g/mol. The lowest BCUT2D eigenvalue weighted by Gasteiger charge is -2.05. The lowest BCUT2D eigenvalue weighted by molar-refractivity contribution is 0.0697. The van der Waals surface area contributed by atoms with Crippen LogP contribution in [0.5, 0.6) is 5.75 Å². The Bertz CT molecular complexity index is 706. The van der Waals surface area contributed by atoms with Crippen LogP contribution in [0, 0.1) is 0 Å². The molecule has 0 aliphatic rings.